The van der Waals surface area contributed by atoms with Crippen LogP contribution >= 0.6 is 0 Å². The number of pyridine rings is 1. The number of aromatic nitrogens is 1. The number of nitrogens with zero attached hydrogens (tertiary/aromatic N) is 2. The number of unbranched alkanes of at least 4 members (excludes halogenated alkanes) is 1. The minimum absolute atomic E-state index is 0.0413. The fraction of sp³-hybridized carbons (Fsp3) is 0.429. The maximum atomic E-state index is 13.7. The van der Waals surface area contributed by atoms with Crippen molar-refractivity contribution in [3.63, 3.8) is 0 Å². The lowest BCUT2D eigenvalue weighted by atomic mass is 10.1. The highest BCUT2D eigenvalue weighted by Gasteiger charge is 2.09. The van der Waals surface area contributed by atoms with Crippen molar-refractivity contribution in [2.75, 3.05) is 13.6 Å². The Labute approximate surface area is 160 Å². The lowest BCUT2D eigenvalue weighted by Gasteiger charge is -2.19. The number of guanidine groups is 1. The molecule has 2 N–H and O–H groups in total. The van der Waals surface area contributed by atoms with Gasteiger partial charge in [0.05, 0.1) is 6.04 Å². The topological polar surface area (TPSA) is 58.4 Å². The molecule has 146 valence electrons. The minimum atomic E-state index is -0.199. The fourth-order valence-corrected chi connectivity index (χ4v) is 2.87. The summed E-state index contributed by atoms with van der Waals surface area (Å²) in [4.78, 5) is 16.1. The average Bonchev–Trinajstić information content (AvgIpc) is 2.64. The van der Waals surface area contributed by atoms with E-state index in [-0.39, 0.29) is 17.4 Å². The third kappa shape index (κ3) is 5.94. The van der Waals surface area contributed by atoms with Crippen LogP contribution in [-0.4, -0.2) is 24.1 Å². The van der Waals surface area contributed by atoms with E-state index in [1.54, 1.807) is 42.8 Å². The van der Waals surface area contributed by atoms with E-state index in [4.69, 9.17) is 0 Å². The Morgan fingerprint density at radius 1 is 1.22 bits per heavy atom. The zero-order chi connectivity index (χ0) is 19.8. The largest absolute Gasteiger partial charge is 0.356 e. The highest BCUT2D eigenvalue weighted by atomic mass is 19.1. The third-order valence-corrected chi connectivity index (χ3v) is 4.64. The van der Waals surface area contributed by atoms with Gasteiger partial charge in [0.25, 0.3) is 5.56 Å². The van der Waals surface area contributed by atoms with Crippen LogP contribution in [-0.2, 0) is 6.54 Å². The first kappa shape index (κ1) is 20.7. The smallest absolute Gasteiger partial charge is 0.250 e. The molecule has 1 unspecified atom stereocenters. The quantitative estimate of drug-likeness (QED) is 0.445. The number of hydrogen-bond acceptors (Lipinski definition) is 2. The molecule has 0 saturated carbocycles. The fourth-order valence-electron chi connectivity index (χ4n) is 2.87. The Balaban J connectivity index is 1.78. The normalized spacial score (nSPS) is 12.7. The van der Waals surface area contributed by atoms with Gasteiger partial charge in [-0.05, 0) is 56.9 Å². The molecule has 27 heavy (non-hydrogen) atoms. The number of aryl methyl sites for hydroxylation is 2. The number of aliphatic imine (C=N–C) groups is 1. The summed E-state index contributed by atoms with van der Waals surface area (Å²) in [5.74, 6) is 0.479. The van der Waals surface area contributed by atoms with Gasteiger partial charge in [-0.1, -0.05) is 18.2 Å². The van der Waals surface area contributed by atoms with Gasteiger partial charge < -0.3 is 15.2 Å². The number of benzene rings is 1. The molecule has 0 bridgehead atoms. The van der Waals surface area contributed by atoms with Crippen LogP contribution in [0.25, 0.3) is 0 Å². The summed E-state index contributed by atoms with van der Waals surface area (Å²) >= 11 is 0. The van der Waals surface area contributed by atoms with E-state index in [0.717, 1.165) is 30.6 Å². The highest BCUT2D eigenvalue weighted by molar-refractivity contribution is 5.80. The van der Waals surface area contributed by atoms with Gasteiger partial charge in [-0.25, -0.2) is 4.39 Å². The molecule has 0 aliphatic rings. The maximum Gasteiger partial charge on any atom is 0.250 e. The van der Waals surface area contributed by atoms with Gasteiger partial charge in [0, 0.05) is 31.9 Å². The molecule has 1 aromatic carbocycles. The Morgan fingerprint density at radius 3 is 2.67 bits per heavy atom. The predicted molar refractivity (Wildman–Crippen MR) is 109 cm³/mol. The summed E-state index contributed by atoms with van der Waals surface area (Å²) in [6, 6.07) is 10.5. The zero-order valence-electron chi connectivity index (χ0n) is 16.6. The molecular weight excluding hydrogens is 343 g/mol. The van der Waals surface area contributed by atoms with Gasteiger partial charge in [-0.2, -0.15) is 0 Å². The molecule has 2 aromatic rings. The molecule has 1 heterocycles. The van der Waals surface area contributed by atoms with E-state index < -0.39 is 0 Å². The van der Waals surface area contributed by atoms with Crippen molar-refractivity contribution in [2.24, 2.45) is 4.99 Å². The van der Waals surface area contributed by atoms with Gasteiger partial charge >= 0.3 is 0 Å². The standard InChI is InChI=1S/C21H29FN4O/c1-15-10-11-18(14-19(15)22)17(3)25-21(23-4)24-12-5-6-13-26-16(2)8-7-9-20(26)27/h7-11,14,17H,5-6,12-13H2,1-4H3,(H2,23,24,25). The van der Waals surface area contributed by atoms with Crippen LogP contribution in [0.1, 0.15) is 42.6 Å². The molecule has 2 rings (SSSR count). The molecule has 0 saturated heterocycles. The van der Waals surface area contributed by atoms with E-state index in [1.165, 1.54) is 0 Å². The van der Waals surface area contributed by atoms with E-state index >= 15 is 0 Å². The van der Waals surface area contributed by atoms with Crippen LogP contribution in [0, 0.1) is 19.7 Å². The first-order valence-electron chi connectivity index (χ1n) is 9.32. The molecule has 5 nitrogen and oxygen atoms in total. The summed E-state index contributed by atoms with van der Waals surface area (Å²) < 4.78 is 15.5. The Hall–Kier alpha value is -2.63. The van der Waals surface area contributed by atoms with Gasteiger partial charge in [0.2, 0.25) is 0 Å². The molecule has 0 aliphatic carbocycles. The van der Waals surface area contributed by atoms with Crippen molar-refractivity contribution in [3.05, 3.63) is 69.4 Å². The molecule has 1 aromatic heterocycles. The average molecular weight is 372 g/mol. The second kappa shape index (κ2) is 9.90. The van der Waals surface area contributed by atoms with Crippen molar-refractivity contribution in [1.29, 1.82) is 0 Å². The van der Waals surface area contributed by atoms with Crippen molar-refractivity contribution in [2.45, 2.75) is 46.2 Å². The third-order valence-electron chi connectivity index (χ3n) is 4.64. The van der Waals surface area contributed by atoms with Gasteiger partial charge in [-0.3, -0.25) is 9.79 Å². The van der Waals surface area contributed by atoms with Crippen molar-refractivity contribution < 1.29 is 4.39 Å². The van der Waals surface area contributed by atoms with Crippen molar-refractivity contribution >= 4 is 5.96 Å². The monoisotopic (exact) mass is 372 g/mol. The van der Waals surface area contributed by atoms with E-state index in [0.29, 0.717) is 18.1 Å². The SMILES string of the molecule is CN=C(NCCCCn1c(C)cccc1=O)NC(C)c1ccc(C)c(F)c1. The van der Waals surface area contributed by atoms with E-state index in [9.17, 15) is 9.18 Å². The van der Waals surface area contributed by atoms with Crippen LogP contribution in [0.5, 0.6) is 0 Å². The van der Waals surface area contributed by atoms with Crippen LogP contribution in [0.15, 0.2) is 46.2 Å². The molecule has 6 heteroatoms. The van der Waals surface area contributed by atoms with Crippen LogP contribution < -0.4 is 16.2 Å². The molecular formula is C21H29FN4O. The Bertz CT molecular complexity index is 844. The van der Waals surface area contributed by atoms with Gasteiger partial charge in [0.1, 0.15) is 5.82 Å². The summed E-state index contributed by atoms with van der Waals surface area (Å²) in [5.41, 5.74) is 2.54. The van der Waals surface area contributed by atoms with Crippen molar-refractivity contribution in [1.82, 2.24) is 15.2 Å². The number of hydrogen-bond donors (Lipinski definition) is 2. The van der Waals surface area contributed by atoms with Gasteiger partial charge in [-0.15, -0.1) is 0 Å². The Morgan fingerprint density at radius 2 is 2.00 bits per heavy atom. The van der Waals surface area contributed by atoms with E-state index in [2.05, 4.69) is 15.6 Å². The first-order chi connectivity index (χ1) is 12.9. The summed E-state index contributed by atoms with van der Waals surface area (Å²) in [6.07, 6.45) is 1.81. The summed E-state index contributed by atoms with van der Waals surface area (Å²) in [7, 11) is 1.71. The molecule has 0 fully saturated rings. The molecule has 0 aliphatic heterocycles. The summed E-state index contributed by atoms with van der Waals surface area (Å²) in [5, 5.41) is 6.54. The lowest BCUT2D eigenvalue weighted by molar-refractivity contribution is 0.571. The number of halogens is 1. The molecule has 0 radical (unpaired) electrons. The molecule has 1 atom stereocenters. The molecule has 0 spiro atoms. The summed E-state index contributed by atoms with van der Waals surface area (Å²) in [6.45, 7) is 7.12. The second-order valence-corrected chi connectivity index (χ2v) is 6.74. The van der Waals surface area contributed by atoms with Crippen LogP contribution in [0.4, 0.5) is 4.39 Å². The zero-order valence-corrected chi connectivity index (χ0v) is 16.6. The maximum absolute atomic E-state index is 13.7. The van der Waals surface area contributed by atoms with E-state index in [1.807, 2.05) is 26.0 Å². The minimum Gasteiger partial charge on any atom is -0.356 e. The van der Waals surface area contributed by atoms with Crippen LogP contribution in [0.3, 0.4) is 0 Å². The van der Waals surface area contributed by atoms with Crippen LogP contribution in [0.2, 0.25) is 0 Å². The predicted octanol–water partition coefficient (Wildman–Crippen LogP) is 3.31. The first-order valence-corrected chi connectivity index (χ1v) is 9.32. The number of nitrogens with one attached hydrogen (secondary N) is 2. The second-order valence-electron chi connectivity index (χ2n) is 6.74. The number of rotatable bonds is 7. The lowest BCUT2D eigenvalue weighted by Crippen LogP contribution is -2.39. The Kier molecular flexibility index (Phi) is 7.58. The molecule has 0 amide bonds. The highest BCUT2D eigenvalue weighted by Crippen LogP contribution is 2.16. The van der Waals surface area contributed by atoms with Crippen molar-refractivity contribution in [3.8, 4) is 0 Å². The van der Waals surface area contributed by atoms with Gasteiger partial charge in [0.15, 0.2) is 5.96 Å².